The smallest absolute Gasteiger partial charge is 0.220 e. The number of aliphatic hydroxyl groups excluding tert-OH is 8. The number of aliphatic hydroxyl groups is 8. The lowest BCUT2D eigenvalue weighted by molar-refractivity contribution is -0.359. The van der Waals surface area contributed by atoms with Crippen LogP contribution in [0.4, 0.5) is 0 Å². The molecule has 0 aromatic rings. The van der Waals surface area contributed by atoms with E-state index in [2.05, 4.69) is 19.2 Å². The van der Waals surface area contributed by atoms with Gasteiger partial charge in [0.25, 0.3) is 0 Å². The van der Waals surface area contributed by atoms with E-state index in [4.69, 9.17) is 18.9 Å². The Kier molecular flexibility index (Phi) is 55.1. The normalized spacial score (nSPS) is 23.2. The number of hydrogen-bond acceptors (Lipinski definition) is 13. The Bertz CT molecular complexity index is 1510. The molecule has 87 heavy (non-hydrogen) atoms. The summed E-state index contributed by atoms with van der Waals surface area (Å²) in [5.41, 5.74) is 0. The average molecular weight is 1240 g/mol. The van der Waals surface area contributed by atoms with Crippen molar-refractivity contribution in [3.05, 3.63) is 12.2 Å². The van der Waals surface area contributed by atoms with Crippen molar-refractivity contribution in [2.45, 2.75) is 428 Å². The van der Waals surface area contributed by atoms with Gasteiger partial charge in [-0.1, -0.05) is 341 Å². The number of hydrogen-bond donors (Lipinski definition) is 9. The zero-order chi connectivity index (χ0) is 63.1. The number of carbonyl (C=O) groups is 1. The van der Waals surface area contributed by atoms with Crippen molar-refractivity contribution in [2.75, 3.05) is 19.8 Å². The second-order valence-electron chi connectivity index (χ2n) is 26.8. The van der Waals surface area contributed by atoms with Gasteiger partial charge in [0.1, 0.15) is 48.8 Å². The lowest BCUT2D eigenvalue weighted by Gasteiger charge is -2.46. The molecular weight excluding hydrogens is 1100 g/mol. The molecule has 2 heterocycles. The largest absolute Gasteiger partial charge is 0.394 e. The van der Waals surface area contributed by atoms with Gasteiger partial charge in [-0.2, -0.15) is 0 Å². The third-order valence-electron chi connectivity index (χ3n) is 18.7. The molecule has 0 aliphatic carbocycles. The summed E-state index contributed by atoms with van der Waals surface area (Å²) in [7, 11) is 0. The van der Waals surface area contributed by atoms with Gasteiger partial charge in [-0.05, 0) is 19.3 Å². The van der Waals surface area contributed by atoms with Crippen LogP contribution in [0.3, 0.4) is 0 Å². The summed E-state index contributed by atoms with van der Waals surface area (Å²) in [5, 5.41) is 87.5. The molecule has 2 rings (SSSR count). The highest BCUT2D eigenvalue weighted by Crippen LogP contribution is 2.30. The molecule has 0 bridgehead atoms. The van der Waals surface area contributed by atoms with Gasteiger partial charge in [-0.3, -0.25) is 4.79 Å². The van der Waals surface area contributed by atoms with E-state index in [1.807, 2.05) is 6.08 Å². The molecule has 0 spiro atoms. The highest BCUT2D eigenvalue weighted by molar-refractivity contribution is 5.76. The van der Waals surface area contributed by atoms with E-state index < -0.39 is 86.8 Å². The van der Waals surface area contributed by atoms with Crippen LogP contribution in [-0.4, -0.2) is 140 Å². The van der Waals surface area contributed by atoms with Crippen molar-refractivity contribution < 1.29 is 64.6 Å². The number of ether oxygens (including phenoxy) is 4. The Morgan fingerprint density at radius 1 is 0.402 bits per heavy atom. The summed E-state index contributed by atoms with van der Waals surface area (Å²) in [6, 6.07) is -0.911. The second kappa shape index (κ2) is 58.5. The van der Waals surface area contributed by atoms with Crippen LogP contribution >= 0.6 is 0 Å². The summed E-state index contributed by atoms with van der Waals surface area (Å²) in [5.74, 6) is -0.230. The minimum Gasteiger partial charge on any atom is -0.394 e. The summed E-state index contributed by atoms with van der Waals surface area (Å²) in [6.45, 7) is 2.87. The van der Waals surface area contributed by atoms with Crippen LogP contribution < -0.4 is 5.32 Å². The Hall–Kier alpha value is -1.27. The van der Waals surface area contributed by atoms with Crippen LogP contribution in [0.2, 0.25) is 0 Å². The van der Waals surface area contributed by atoms with Crippen LogP contribution in [-0.2, 0) is 23.7 Å². The Labute approximate surface area is 533 Å². The van der Waals surface area contributed by atoms with Gasteiger partial charge >= 0.3 is 0 Å². The lowest BCUT2D eigenvalue weighted by Crippen LogP contribution is -2.65. The number of nitrogens with one attached hydrogen (secondary N) is 1. The average Bonchev–Trinajstić information content (AvgIpc) is 1.64. The van der Waals surface area contributed by atoms with Gasteiger partial charge in [0, 0.05) is 6.42 Å². The quantitative estimate of drug-likeness (QED) is 0.0204. The maximum absolute atomic E-state index is 13.3. The number of amides is 1. The maximum atomic E-state index is 13.3. The van der Waals surface area contributed by atoms with E-state index in [1.165, 1.54) is 289 Å². The standard InChI is InChI=1S/C73H141NO13/c1-3-5-7-9-11-13-15-17-19-21-23-25-26-27-28-29-30-31-32-33-34-35-37-38-40-42-44-46-48-50-52-54-56-62(77)61(60-84-72-70(83)68(81)71(64(59-76)86-72)87-73-69(82)67(80)66(79)63(58-75)85-73)74-65(78)57-55-53-51-49-47-45-43-41-39-36-24-22-20-18-16-14-12-10-8-6-4-2/h54,56,61-64,66-73,75-77,79-83H,3-53,55,57-60H2,1-2H3,(H,74,78)/b56-54+. The maximum Gasteiger partial charge on any atom is 0.220 e. The molecule has 14 nitrogen and oxygen atoms in total. The van der Waals surface area contributed by atoms with Crippen molar-refractivity contribution in [2.24, 2.45) is 0 Å². The van der Waals surface area contributed by atoms with Crippen molar-refractivity contribution >= 4 is 5.91 Å². The zero-order valence-corrected chi connectivity index (χ0v) is 56.3. The van der Waals surface area contributed by atoms with Crippen molar-refractivity contribution in [3.63, 3.8) is 0 Å². The van der Waals surface area contributed by atoms with E-state index in [1.54, 1.807) is 6.08 Å². The van der Waals surface area contributed by atoms with Gasteiger partial charge in [0.2, 0.25) is 5.91 Å². The van der Waals surface area contributed by atoms with E-state index in [-0.39, 0.29) is 18.9 Å². The number of rotatable bonds is 63. The van der Waals surface area contributed by atoms with Crippen LogP contribution in [0.5, 0.6) is 0 Å². The van der Waals surface area contributed by atoms with E-state index in [0.717, 1.165) is 38.5 Å². The summed E-state index contributed by atoms with van der Waals surface area (Å²) in [4.78, 5) is 13.3. The van der Waals surface area contributed by atoms with Crippen LogP contribution in [0.25, 0.3) is 0 Å². The molecule has 0 saturated carbocycles. The van der Waals surface area contributed by atoms with E-state index >= 15 is 0 Å². The van der Waals surface area contributed by atoms with Crippen LogP contribution in [0.1, 0.15) is 354 Å². The minimum atomic E-state index is -1.79. The molecule has 0 aromatic carbocycles. The monoisotopic (exact) mass is 1240 g/mol. The molecule has 2 saturated heterocycles. The summed E-state index contributed by atoms with van der Waals surface area (Å²) < 4.78 is 22.9. The number of carbonyl (C=O) groups excluding carboxylic acids is 1. The minimum absolute atomic E-state index is 0.230. The molecule has 0 radical (unpaired) electrons. The van der Waals surface area contributed by atoms with Gasteiger partial charge in [0.15, 0.2) is 12.6 Å². The second-order valence-corrected chi connectivity index (χ2v) is 26.8. The summed E-state index contributed by atoms with van der Waals surface area (Å²) in [6.07, 6.45) is 55.7. The highest BCUT2D eigenvalue weighted by atomic mass is 16.7. The Balaban J connectivity index is 1.64. The van der Waals surface area contributed by atoms with Gasteiger partial charge < -0.3 is 65.1 Å². The first-order chi connectivity index (χ1) is 42.6. The van der Waals surface area contributed by atoms with Gasteiger partial charge in [0.05, 0.1) is 32.0 Å². The fraction of sp³-hybridized carbons (Fsp3) is 0.959. The van der Waals surface area contributed by atoms with Crippen LogP contribution in [0.15, 0.2) is 12.2 Å². The molecule has 12 unspecified atom stereocenters. The van der Waals surface area contributed by atoms with Crippen molar-refractivity contribution in [1.29, 1.82) is 0 Å². The molecule has 0 aromatic heterocycles. The molecule has 12 atom stereocenters. The molecule has 2 aliphatic heterocycles. The predicted molar refractivity (Wildman–Crippen MR) is 355 cm³/mol. The molecule has 1 amide bonds. The first kappa shape index (κ1) is 81.8. The molecular formula is C73H141NO13. The third kappa shape index (κ3) is 42.6. The SMILES string of the molecule is CCCCCCCCCCCCCCCCCCCCCCCCCCCCCCCC/C=C/C(O)C(COC1OC(CO)C(OC2OC(CO)C(O)C(O)C2O)C(O)C1O)NC(=O)CCCCCCCCCCCCCCCCCCCCCCC. The topological polar surface area (TPSA) is 228 Å². The van der Waals surface area contributed by atoms with Crippen molar-refractivity contribution in [1.82, 2.24) is 5.32 Å². The van der Waals surface area contributed by atoms with Crippen LogP contribution in [0, 0.1) is 0 Å². The zero-order valence-electron chi connectivity index (χ0n) is 56.3. The van der Waals surface area contributed by atoms with E-state index in [9.17, 15) is 45.6 Å². The fourth-order valence-electron chi connectivity index (χ4n) is 12.8. The fourth-order valence-corrected chi connectivity index (χ4v) is 12.8. The third-order valence-corrected chi connectivity index (χ3v) is 18.7. The predicted octanol–water partition coefficient (Wildman–Crippen LogP) is 15.7. The van der Waals surface area contributed by atoms with Crippen molar-refractivity contribution in [3.8, 4) is 0 Å². The molecule has 2 aliphatic rings. The molecule has 516 valence electrons. The molecule has 9 N–H and O–H groups in total. The van der Waals surface area contributed by atoms with Gasteiger partial charge in [-0.25, -0.2) is 0 Å². The summed E-state index contributed by atoms with van der Waals surface area (Å²) >= 11 is 0. The molecule has 2 fully saturated rings. The molecule has 14 heteroatoms. The highest BCUT2D eigenvalue weighted by Gasteiger charge is 2.51. The first-order valence-electron chi connectivity index (χ1n) is 37.4. The lowest BCUT2D eigenvalue weighted by atomic mass is 9.97. The Morgan fingerprint density at radius 2 is 0.713 bits per heavy atom. The van der Waals surface area contributed by atoms with E-state index in [0.29, 0.717) is 6.42 Å². The Morgan fingerprint density at radius 3 is 1.06 bits per heavy atom. The number of unbranched alkanes of at least 4 members (excludes halogenated alkanes) is 50. The first-order valence-corrected chi connectivity index (χ1v) is 37.4. The van der Waals surface area contributed by atoms with Gasteiger partial charge in [-0.15, -0.1) is 0 Å². The number of allylic oxidation sites excluding steroid dienone is 1.